The molecule has 1 atom stereocenters. The number of para-hydroxylation sites is 1. The second kappa shape index (κ2) is 7.93. The molecule has 2 aromatic rings. The Morgan fingerprint density at radius 1 is 1.07 bits per heavy atom. The van der Waals surface area contributed by atoms with Crippen molar-refractivity contribution in [2.75, 3.05) is 6.54 Å². The third-order valence-corrected chi connectivity index (χ3v) is 6.81. The largest absolute Gasteiger partial charge is 0.488 e. The summed E-state index contributed by atoms with van der Waals surface area (Å²) in [5.41, 5.74) is 1.46. The fraction of sp³-hybridized carbons (Fsp3) is 0.381. The molecule has 2 aliphatic rings. The molecule has 0 aromatic heterocycles. The fourth-order valence-electron chi connectivity index (χ4n) is 3.81. The Bertz CT molecular complexity index is 943. The molecule has 0 radical (unpaired) electrons. The van der Waals surface area contributed by atoms with Crippen LogP contribution in [0, 0.1) is 0 Å². The normalized spacial score (nSPS) is 19.2. The first kappa shape index (κ1) is 19.0. The number of ether oxygens (including phenoxy) is 1. The summed E-state index contributed by atoms with van der Waals surface area (Å²) in [6.07, 6.45) is 4.45. The monoisotopic (exact) mass is 400 g/mol. The molecule has 2 N–H and O–H groups in total. The van der Waals surface area contributed by atoms with Gasteiger partial charge in [0.25, 0.3) is 5.91 Å². The lowest BCUT2D eigenvalue weighted by atomic mass is 10.1. The predicted octanol–water partition coefficient (Wildman–Crippen LogP) is 2.64. The maximum absolute atomic E-state index is 12.6. The minimum Gasteiger partial charge on any atom is -0.488 e. The number of nitrogens with one attached hydrogen (secondary N) is 2. The summed E-state index contributed by atoms with van der Waals surface area (Å²) in [4.78, 5) is 12.6. The smallest absolute Gasteiger partial charge is 0.251 e. The van der Waals surface area contributed by atoms with Crippen LogP contribution in [0.15, 0.2) is 53.4 Å². The van der Waals surface area contributed by atoms with Crippen molar-refractivity contribution in [3.63, 3.8) is 0 Å². The molecule has 1 heterocycles. The van der Waals surface area contributed by atoms with E-state index in [0.717, 1.165) is 43.4 Å². The minimum absolute atomic E-state index is 0.0105. The van der Waals surface area contributed by atoms with Crippen LogP contribution < -0.4 is 14.8 Å². The summed E-state index contributed by atoms with van der Waals surface area (Å²) in [5, 5.41) is 2.85. The molecule has 1 unspecified atom stereocenters. The first-order valence-corrected chi connectivity index (χ1v) is 11.1. The van der Waals surface area contributed by atoms with Crippen molar-refractivity contribution < 1.29 is 17.9 Å². The Kier molecular flexibility index (Phi) is 5.37. The molecule has 1 fully saturated rings. The van der Waals surface area contributed by atoms with E-state index in [1.807, 2.05) is 24.3 Å². The van der Waals surface area contributed by atoms with Crippen LogP contribution in [-0.2, 0) is 16.4 Å². The molecule has 0 spiro atoms. The topological polar surface area (TPSA) is 84.5 Å². The Labute approximate surface area is 165 Å². The second-order valence-electron chi connectivity index (χ2n) is 7.39. The standard InChI is InChI=1S/C21H24N2O4S/c24-21(22-14-18-12-15-6-1-4-11-20(15)27-18)16-7-5-10-19(13-16)28(25,26)23-17-8-2-3-9-17/h1,4-7,10-11,13,17-18,23H,2-3,8-9,12,14H2,(H,22,24). The van der Waals surface area contributed by atoms with Gasteiger partial charge in [-0.2, -0.15) is 0 Å². The lowest BCUT2D eigenvalue weighted by Gasteiger charge is -2.14. The molecule has 6 nitrogen and oxygen atoms in total. The molecule has 1 aliphatic carbocycles. The van der Waals surface area contributed by atoms with Crippen molar-refractivity contribution in [2.24, 2.45) is 0 Å². The van der Waals surface area contributed by atoms with E-state index in [2.05, 4.69) is 10.0 Å². The molecule has 0 saturated heterocycles. The highest BCUT2D eigenvalue weighted by molar-refractivity contribution is 7.89. The van der Waals surface area contributed by atoms with Gasteiger partial charge in [-0.1, -0.05) is 37.1 Å². The van der Waals surface area contributed by atoms with Gasteiger partial charge in [-0.3, -0.25) is 4.79 Å². The molecule has 1 amide bonds. The van der Waals surface area contributed by atoms with Crippen molar-refractivity contribution >= 4 is 15.9 Å². The highest BCUT2D eigenvalue weighted by Gasteiger charge is 2.25. The van der Waals surface area contributed by atoms with Gasteiger partial charge in [-0.25, -0.2) is 13.1 Å². The summed E-state index contributed by atoms with van der Waals surface area (Å²) in [6, 6.07) is 14.0. The van der Waals surface area contributed by atoms with Gasteiger partial charge in [0, 0.05) is 18.0 Å². The van der Waals surface area contributed by atoms with Gasteiger partial charge < -0.3 is 10.1 Å². The number of hydrogen-bond donors (Lipinski definition) is 2. The van der Waals surface area contributed by atoms with E-state index in [1.54, 1.807) is 12.1 Å². The number of sulfonamides is 1. The number of amides is 1. The van der Waals surface area contributed by atoms with E-state index < -0.39 is 10.0 Å². The van der Waals surface area contributed by atoms with E-state index in [4.69, 9.17) is 4.74 Å². The molecule has 28 heavy (non-hydrogen) atoms. The molecule has 1 saturated carbocycles. The van der Waals surface area contributed by atoms with Gasteiger partial charge >= 0.3 is 0 Å². The van der Waals surface area contributed by atoms with Crippen LogP contribution in [0.4, 0.5) is 0 Å². The summed E-state index contributed by atoms with van der Waals surface area (Å²) in [5.74, 6) is 0.547. The first-order chi connectivity index (χ1) is 13.5. The zero-order chi connectivity index (χ0) is 19.6. The Balaban J connectivity index is 1.38. The van der Waals surface area contributed by atoms with E-state index in [-0.39, 0.29) is 22.9 Å². The van der Waals surface area contributed by atoms with Crippen LogP contribution in [0.2, 0.25) is 0 Å². The highest BCUT2D eigenvalue weighted by Crippen LogP contribution is 2.27. The van der Waals surface area contributed by atoms with Crippen LogP contribution >= 0.6 is 0 Å². The quantitative estimate of drug-likeness (QED) is 0.781. The number of hydrogen-bond acceptors (Lipinski definition) is 4. The van der Waals surface area contributed by atoms with Gasteiger partial charge in [-0.15, -0.1) is 0 Å². The van der Waals surface area contributed by atoms with Crippen molar-refractivity contribution in [3.8, 4) is 5.75 Å². The van der Waals surface area contributed by atoms with Gasteiger partial charge in [0.1, 0.15) is 11.9 Å². The van der Waals surface area contributed by atoms with Gasteiger partial charge in [0.05, 0.1) is 11.4 Å². The number of benzene rings is 2. The van der Waals surface area contributed by atoms with Crippen LogP contribution in [0.25, 0.3) is 0 Å². The number of fused-ring (bicyclic) bond motifs is 1. The number of carbonyl (C=O) groups excluding carboxylic acids is 1. The third kappa shape index (κ3) is 4.20. The summed E-state index contributed by atoms with van der Waals surface area (Å²) >= 11 is 0. The number of rotatable bonds is 6. The highest BCUT2D eigenvalue weighted by atomic mass is 32.2. The fourth-order valence-corrected chi connectivity index (χ4v) is 5.16. The van der Waals surface area contributed by atoms with Crippen molar-refractivity contribution in [1.29, 1.82) is 0 Å². The molecule has 1 aliphatic heterocycles. The van der Waals surface area contributed by atoms with E-state index in [0.29, 0.717) is 12.1 Å². The van der Waals surface area contributed by atoms with E-state index >= 15 is 0 Å². The maximum atomic E-state index is 12.6. The SMILES string of the molecule is O=C(NCC1Cc2ccccc2O1)c1cccc(S(=O)(=O)NC2CCCC2)c1. The van der Waals surface area contributed by atoms with Crippen LogP contribution in [0.5, 0.6) is 5.75 Å². The van der Waals surface area contributed by atoms with Gasteiger partial charge in [-0.05, 0) is 42.7 Å². The molecule has 2 aromatic carbocycles. The lowest BCUT2D eigenvalue weighted by molar-refractivity contribution is 0.0933. The summed E-state index contributed by atoms with van der Waals surface area (Å²) < 4.78 is 33.8. The summed E-state index contributed by atoms with van der Waals surface area (Å²) in [7, 11) is -3.62. The lowest BCUT2D eigenvalue weighted by Crippen LogP contribution is -2.35. The molecule has 0 bridgehead atoms. The number of carbonyl (C=O) groups is 1. The predicted molar refractivity (Wildman–Crippen MR) is 106 cm³/mol. The van der Waals surface area contributed by atoms with Gasteiger partial charge in [0.15, 0.2) is 0 Å². The Morgan fingerprint density at radius 2 is 1.86 bits per heavy atom. The van der Waals surface area contributed by atoms with Crippen molar-refractivity contribution in [3.05, 3.63) is 59.7 Å². The van der Waals surface area contributed by atoms with Crippen LogP contribution in [0.3, 0.4) is 0 Å². The zero-order valence-corrected chi connectivity index (χ0v) is 16.4. The molecular formula is C21H24N2O4S. The van der Waals surface area contributed by atoms with Crippen molar-refractivity contribution in [2.45, 2.75) is 49.1 Å². The zero-order valence-electron chi connectivity index (χ0n) is 15.6. The maximum Gasteiger partial charge on any atom is 0.251 e. The molecular weight excluding hydrogens is 376 g/mol. The third-order valence-electron chi connectivity index (χ3n) is 5.29. The first-order valence-electron chi connectivity index (χ1n) is 9.66. The molecule has 4 rings (SSSR count). The van der Waals surface area contributed by atoms with Gasteiger partial charge in [0.2, 0.25) is 10.0 Å². The Morgan fingerprint density at radius 3 is 2.64 bits per heavy atom. The van der Waals surface area contributed by atoms with E-state index in [9.17, 15) is 13.2 Å². The molecule has 148 valence electrons. The summed E-state index contributed by atoms with van der Waals surface area (Å²) in [6.45, 7) is 0.366. The second-order valence-corrected chi connectivity index (χ2v) is 9.11. The average Bonchev–Trinajstić information content (AvgIpc) is 3.35. The molecule has 7 heteroatoms. The van der Waals surface area contributed by atoms with E-state index in [1.165, 1.54) is 12.1 Å². The van der Waals surface area contributed by atoms with Crippen molar-refractivity contribution in [1.82, 2.24) is 10.0 Å². The Hall–Kier alpha value is -2.38. The minimum atomic E-state index is -3.62. The average molecular weight is 401 g/mol. The van der Waals surface area contributed by atoms with Crippen LogP contribution in [0.1, 0.15) is 41.6 Å². The van der Waals surface area contributed by atoms with Crippen LogP contribution in [-0.4, -0.2) is 33.0 Å².